The van der Waals surface area contributed by atoms with E-state index >= 15 is 0 Å². The van der Waals surface area contributed by atoms with Crippen LogP contribution >= 0.6 is 11.6 Å². The molecule has 0 spiro atoms. The number of benzene rings is 2. The molecule has 0 radical (unpaired) electrons. The molecule has 0 bridgehead atoms. The van der Waals surface area contributed by atoms with Crippen LogP contribution in [0.25, 0.3) is 0 Å². The van der Waals surface area contributed by atoms with Crippen LogP contribution in [0.2, 0.25) is 5.02 Å². The van der Waals surface area contributed by atoms with Gasteiger partial charge in [0.15, 0.2) is 9.84 Å². The van der Waals surface area contributed by atoms with E-state index in [1.165, 1.54) is 12.1 Å². The van der Waals surface area contributed by atoms with E-state index in [0.717, 1.165) is 11.1 Å². The summed E-state index contributed by atoms with van der Waals surface area (Å²) in [7, 11) is -3.31. The van der Waals surface area contributed by atoms with Crippen LogP contribution in [0.4, 0.5) is 0 Å². The first-order chi connectivity index (χ1) is 9.88. The lowest BCUT2D eigenvalue weighted by Crippen LogP contribution is -2.09. The minimum absolute atomic E-state index is 0.0443. The number of hydrogen-bond acceptors (Lipinski definition) is 3. The number of hydrogen-bond donors (Lipinski definition) is 1. The van der Waals surface area contributed by atoms with Crippen molar-refractivity contribution in [1.29, 1.82) is 0 Å². The van der Waals surface area contributed by atoms with Crippen molar-refractivity contribution in [2.75, 3.05) is 5.75 Å². The summed E-state index contributed by atoms with van der Waals surface area (Å²) in [6.45, 7) is 1.69. The van der Waals surface area contributed by atoms with Crippen LogP contribution in [0, 0.1) is 0 Å². The largest absolute Gasteiger partial charge is 0.389 e. The van der Waals surface area contributed by atoms with Crippen LogP contribution in [0.5, 0.6) is 0 Å². The summed E-state index contributed by atoms with van der Waals surface area (Å²) in [6, 6.07) is 13.5. The Morgan fingerprint density at radius 1 is 1.05 bits per heavy atom. The van der Waals surface area contributed by atoms with Gasteiger partial charge in [0.1, 0.15) is 0 Å². The number of halogens is 1. The number of aryl methyl sites for hydroxylation is 1. The molecule has 1 N–H and O–H groups in total. The van der Waals surface area contributed by atoms with Gasteiger partial charge in [-0.1, -0.05) is 35.9 Å². The van der Waals surface area contributed by atoms with E-state index in [2.05, 4.69) is 0 Å². The molecule has 21 heavy (non-hydrogen) atoms. The second-order valence-corrected chi connectivity index (χ2v) is 7.49. The number of aliphatic hydroxyl groups excluding tert-OH is 1. The summed E-state index contributed by atoms with van der Waals surface area (Å²) < 4.78 is 24.4. The Hall–Kier alpha value is -1.36. The van der Waals surface area contributed by atoms with Gasteiger partial charge in [-0.25, -0.2) is 8.42 Å². The predicted molar refractivity (Wildman–Crippen MR) is 84.3 cm³/mol. The maximum Gasteiger partial charge on any atom is 0.178 e. The predicted octanol–water partition coefficient (Wildman–Crippen LogP) is 3.41. The Kier molecular flexibility index (Phi) is 5.04. The van der Waals surface area contributed by atoms with Crippen LogP contribution in [0.3, 0.4) is 0 Å². The molecule has 0 heterocycles. The fraction of sp³-hybridized carbons (Fsp3) is 0.250. The van der Waals surface area contributed by atoms with Crippen LogP contribution in [-0.2, 0) is 16.3 Å². The highest BCUT2D eigenvalue weighted by Gasteiger charge is 2.14. The fourth-order valence-corrected chi connectivity index (χ4v) is 3.39. The topological polar surface area (TPSA) is 54.4 Å². The summed E-state index contributed by atoms with van der Waals surface area (Å²) >= 11 is 5.76. The molecule has 2 rings (SSSR count). The van der Waals surface area contributed by atoms with E-state index in [9.17, 15) is 13.5 Å². The monoisotopic (exact) mass is 324 g/mol. The Morgan fingerprint density at radius 3 is 2.14 bits per heavy atom. The van der Waals surface area contributed by atoms with E-state index in [1.54, 1.807) is 19.1 Å². The Morgan fingerprint density at radius 2 is 1.62 bits per heavy atom. The zero-order chi connectivity index (χ0) is 15.5. The molecule has 0 aliphatic carbocycles. The van der Waals surface area contributed by atoms with Crippen molar-refractivity contribution >= 4 is 21.4 Å². The van der Waals surface area contributed by atoms with Gasteiger partial charge in [0.05, 0.1) is 16.8 Å². The second-order valence-electron chi connectivity index (χ2n) is 4.94. The maximum atomic E-state index is 12.2. The third kappa shape index (κ3) is 4.30. The summed E-state index contributed by atoms with van der Waals surface area (Å²) in [5.41, 5.74) is 1.75. The third-order valence-electron chi connectivity index (χ3n) is 3.29. The molecule has 112 valence electrons. The quantitative estimate of drug-likeness (QED) is 0.917. The summed E-state index contributed by atoms with van der Waals surface area (Å²) in [5, 5.41) is 9.95. The van der Waals surface area contributed by atoms with Crippen molar-refractivity contribution in [3.63, 3.8) is 0 Å². The molecule has 2 aromatic rings. The van der Waals surface area contributed by atoms with E-state index in [-0.39, 0.29) is 10.6 Å². The third-order valence-corrected chi connectivity index (χ3v) is 5.28. The average molecular weight is 325 g/mol. The van der Waals surface area contributed by atoms with Gasteiger partial charge >= 0.3 is 0 Å². The summed E-state index contributed by atoms with van der Waals surface area (Å²) in [5.74, 6) is 0.0443. The van der Waals surface area contributed by atoms with Gasteiger partial charge in [-0.2, -0.15) is 0 Å². The lowest BCUT2D eigenvalue weighted by Gasteiger charge is -2.07. The molecular weight excluding hydrogens is 308 g/mol. The Labute approximate surface area is 130 Å². The van der Waals surface area contributed by atoms with E-state index < -0.39 is 15.9 Å². The van der Waals surface area contributed by atoms with Crippen molar-refractivity contribution in [2.45, 2.75) is 24.3 Å². The van der Waals surface area contributed by atoms with Crippen molar-refractivity contribution in [1.82, 2.24) is 0 Å². The van der Waals surface area contributed by atoms with Gasteiger partial charge in [0, 0.05) is 5.02 Å². The van der Waals surface area contributed by atoms with Gasteiger partial charge in [0.25, 0.3) is 0 Å². The van der Waals surface area contributed by atoms with E-state index in [1.807, 2.05) is 24.3 Å². The van der Waals surface area contributed by atoms with Gasteiger partial charge in [-0.15, -0.1) is 0 Å². The SMILES string of the molecule is CC(O)c1ccc(CCS(=O)(=O)c2ccc(Cl)cc2)cc1. The Bertz CT molecular complexity index is 689. The first kappa shape index (κ1) is 16.0. The number of aliphatic hydroxyl groups is 1. The fourth-order valence-electron chi connectivity index (χ4n) is 1.97. The van der Waals surface area contributed by atoms with Crippen LogP contribution in [-0.4, -0.2) is 19.3 Å². The van der Waals surface area contributed by atoms with Crippen LogP contribution in [0.15, 0.2) is 53.4 Å². The zero-order valence-electron chi connectivity index (χ0n) is 11.7. The standard InChI is InChI=1S/C16H17ClO3S/c1-12(18)14-4-2-13(3-5-14)10-11-21(19,20)16-8-6-15(17)7-9-16/h2-9,12,18H,10-11H2,1H3. The Balaban J connectivity index is 2.06. The molecule has 0 amide bonds. The van der Waals surface area contributed by atoms with Gasteiger partial charge in [0.2, 0.25) is 0 Å². The second kappa shape index (κ2) is 6.60. The smallest absolute Gasteiger partial charge is 0.178 e. The molecule has 1 unspecified atom stereocenters. The average Bonchev–Trinajstić information content (AvgIpc) is 2.46. The molecule has 1 atom stereocenters. The van der Waals surface area contributed by atoms with Gasteiger partial charge in [-0.05, 0) is 48.7 Å². The van der Waals surface area contributed by atoms with Crippen LogP contribution in [0.1, 0.15) is 24.2 Å². The number of sulfone groups is 1. The molecule has 0 saturated heterocycles. The molecule has 0 saturated carbocycles. The minimum atomic E-state index is -3.31. The molecule has 3 nitrogen and oxygen atoms in total. The highest BCUT2D eigenvalue weighted by molar-refractivity contribution is 7.91. The van der Waals surface area contributed by atoms with Crippen molar-refractivity contribution < 1.29 is 13.5 Å². The van der Waals surface area contributed by atoms with Gasteiger partial charge in [-0.3, -0.25) is 0 Å². The van der Waals surface area contributed by atoms with Crippen molar-refractivity contribution in [3.05, 3.63) is 64.7 Å². The van der Waals surface area contributed by atoms with Crippen molar-refractivity contribution in [3.8, 4) is 0 Å². The lowest BCUT2D eigenvalue weighted by molar-refractivity contribution is 0.199. The first-order valence-electron chi connectivity index (χ1n) is 6.64. The van der Waals surface area contributed by atoms with E-state index in [0.29, 0.717) is 11.4 Å². The first-order valence-corrected chi connectivity index (χ1v) is 8.67. The molecule has 0 aromatic heterocycles. The molecule has 2 aromatic carbocycles. The number of rotatable bonds is 5. The zero-order valence-corrected chi connectivity index (χ0v) is 13.2. The highest BCUT2D eigenvalue weighted by Crippen LogP contribution is 2.17. The highest BCUT2D eigenvalue weighted by atomic mass is 35.5. The molecular formula is C16H17ClO3S. The van der Waals surface area contributed by atoms with Crippen LogP contribution < -0.4 is 0 Å². The molecule has 0 aliphatic heterocycles. The maximum absolute atomic E-state index is 12.2. The minimum Gasteiger partial charge on any atom is -0.389 e. The normalized spacial score (nSPS) is 13.1. The van der Waals surface area contributed by atoms with Gasteiger partial charge < -0.3 is 5.11 Å². The molecule has 0 aliphatic rings. The summed E-state index contributed by atoms with van der Waals surface area (Å²) in [6.07, 6.45) is -0.0812. The van der Waals surface area contributed by atoms with Crippen molar-refractivity contribution in [2.24, 2.45) is 0 Å². The molecule has 0 fully saturated rings. The summed E-state index contributed by atoms with van der Waals surface area (Å²) in [4.78, 5) is 0.285. The molecule has 5 heteroatoms. The van der Waals surface area contributed by atoms with E-state index in [4.69, 9.17) is 11.6 Å². The lowest BCUT2D eigenvalue weighted by atomic mass is 10.1.